The maximum absolute atomic E-state index is 14.1. The van der Waals surface area contributed by atoms with Gasteiger partial charge in [0.15, 0.2) is 0 Å². The molecule has 0 unspecified atom stereocenters. The molecule has 0 spiro atoms. The molecule has 0 aliphatic carbocycles. The summed E-state index contributed by atoms with van der Waals surface area (Å²) in [5, 5.41) is 0. The standard InChI is InChI=1S/C15H21FN2O2/c1-20-15(19)11-5-7-18(8-6-11)10-13-4-2-3-12(9-17)14(13)16/h2-4,11H,5-10,17H2,1H3. The molecule has 0 atom stereocenters. The van der Waals surface area contributed by atoms with Crippen molar-refractivity contribution in [2.75, 3.05) is 20.2 Å². The van der Waals surface area contributed by atoms with Gasteiger partial charge in [-0.05, 0) is 25.9 Å². The molecular formula is C15H21FN2O2. The molecule has 1 aliphatic rings. The summed E-state index contributed by atoms with van der Waals surface area (Å²) >= 11 is 0. The van der Waals surface area contributed by atoms with Gasteiger partial charge in [-0.3, -0.25) is 9.69 Å². The van der Waals surface area contributed by atoms with Crippen LogP contribution in [-0.4, -0.2) is 31.1 Å². The van der Waals surface area contributed by atoms with Crippen LogP contribution < -0.4 is 5.73 Å². The smallest absolute Gasteiger partial charge is 0.308 e. The summed E-state index contributed by atoms with van der Waals surface area (Å²) in [4.78, 5) is 13.6. The number of likely N-dealkylation sites (tertiary alicyclic amines) is 1. The van der Waals surface area contributed by atoms with E-state index in [4.69, 9.17) is 10.5 Å². The fraction of sp³-hybridized carbons (Fsp3) is 0.533. The van der Waals surface area contributed by atoms with Crippen LogP contribution >= 0.6 is 0 Å². The number of carbonyl (C=O) groups excluding carboxylic acids is 1. The predicted octanol–water partition coefficient (Wildman–Crippen LogP) is 1.67. The Hall–Kier alpha value is -1.46. The molecule has 0 radical (unpaired) electrons. The molecule has 4 nitrogen and oxygen atoms in total. The summed E-state index contributed by atoms with van der Waals surface area (Å²) in [5.41, 5.74) is 6.73. The summed E-state index contributed by atoms with van der Waals surface area (Å²) in [6, 6.07) is 5.34. The van der Waals surface area contributed by atoms with Crippen molar-refractivity contribution in [1.29, 1.82) is 0 Å². The number of esters is 1. The van der Waals surface area contributed by atoms with Gasteiger partial charge >= 0.3 is 5.97 Å². The minimum Gasteiger partial charge on any atom is -0.469 e. The summed E-state index contributed by atoms with van der Waals surface area (Å²) in [7, 11) is 1.42. The summed E-state index contributed by atoms with van der Waals surface area (Å²) in [6.07, 6.45) is 1.54. The zero-order valence-corrected chi connectivity index (χ0v) is 11.8. The van der Waals surface area contributed by atoms with E-state index >= 15 is 0 Å². The highest BCUT2D eigenvalue weighted by atomic mass is 19.1. The van der Waals surface area contributed by atoms with Crippen LogP contribution in [0.5, 0.6) is 0 Å². The molecular weight excluding hydrogens is 259 g/mol. The molecule has 1 heterocycles. The molecule has 1 aliphatic heterocycles. The van der Waals surface area contributed by atoms with E-state index in [1.807, 2.05) is 6.07 Å². The van der Waals surface area contributed by atoms with Crippen molar-refractivity contribution >= 4 is 5.97 Å². The van der Waals surface area contributed by atoms with E-state index in [1.165, 1.54) is 7.11 Å². The Morgan fingerprint density at radius 1 is 1.40 bits per heavy atom. The van der Waals surface area contributed by atoms with Crippen molar-refractivity contribution in [2.45, 2.75) is 25.9 Å². The third-order valence-electron chi connectivity index (χ3n) is 3.89. The van der Waals surface area contributed by atoms with Gasteiger partial charge in [-0.1, -0.05) is 18.2 Å². The molecule has 5 heteroatoms. The van der Waals surface area contributed by atoms with Crippen LogP contribution in [0.4, 0.5) is 4.39 Å². The number of ether oxygens (including phenoxy) is 1. The lowest BCUT2D eigenvalue weighted by atomic mass is 9.96. The Kier molecular flexibility index (Phi) is 5.09. The molecule has 0 amide bonds. The topological polar surface area (TPSA) is 55.6 Å². The Labute approximate surface area is 118 Å². The zero-order chi connectivity index (χ0) is 14.5. The lowest BCUT2D eigenvalue weighted by Crippen LogP contribution is -2.36. The van der Waals surface area contributed by atoms with Crippen molar-refractivity contribution in [3.8, 4) is 0 Å². The second-order valence-corrected chi connectivity index (χ2v) is 5.17. The number of methoxy groups -OCH3 is 1. The number of hydrogen-bond donors (Lipinski definition) is 1. The fourth-order valence-corrected chi connectivity index (χ4v) is 2.65. The van der Waals surface area contributed by atoms with E-state index in [0.29, 0.717) is 17.7 Å². The lowest BCUT2D eigenvalue weighted by Gasteiger charge is -2.30. The Morgan fingerprint density at radius 3 is 2.65 bits per heavy atom. The number of benzene rings is 1. The summed E-state index contributed by atoms with van der Waals surface area (Å²) in [5.74, 6) is -0.359. The first kappa shape index (κ1) is 14.9. The Balaban J connectivity index is 1.94. The molecule has 20 heavy (non-hydrogen) atoms. The van der Waals surface area contributed by atoms with Crippen molar-refractivity contribution in [3.05, 3.63) is 35.1 Å². The van der Waals surface area contributed by atoms with Gasteiger partial charge in [-0.15, -0.1) is 0 Å². The monoisotopic (exact) mass is 280 g/mol. The third-order valence-corrected chi connectivity index (χ3v) is 3.89. The Bertz CT molecular complexity index is 471. The van der Waals surface area contributed by atoms with Gasteiger partial charge < -0.3 is 10.5 Å². The van der Waals surface area contributed by atoms with Crippen LogP contribution in [0, 0.1) is 11.7 Å². The SMILES string of the molecule is COC(=O)C1CCN(Cc2cccc(CN)c2F)CC1. The molecule has 2 rings (SSSR count). The number of piperidine rings is 1. The number of nitrogens with zero attached hydrogens (tertiary/aromatic N) is 1. The number of hydrogen-bond acceptors (Lipinski definition) is 4. The highest BCUT2D eigenvalue weighted by Gasteiger charge is 2.25. The van der Waals surface area contributed by atoms with Gasteiger partial charge in [-0.25, -0.2) is 4.39 Å². The molecule has 2 N–H and O–H groups in total. The second kappa shape index (κ2) is 6.81. The zero-order valence-electron chi connectivity index (χ0n) is 11.8. The van der Waals surface area contributed by atoms with E-state index < -0.39 is 0 Å². The number of rotatable bonds is 4. The van der Waals surface area contributed by atoms with Crippen LogP contribution in [0.15, 0.2) is 18.2 Å². The normalized spacial score (nSPS) is 17.1. The fourth-order valence-electron chi connectivity index (χ4n) is 2.65. The largest absolute Gasteiger partial charge is 0.469 e. The number of halogens is 1. The van der Waals surface area contributed by atoms with E-state index in [9.17, 15) is 9.18 Å². The molecule has 0 aromatic heterocycles. The minimum absolute atomic E-state index is 0.0172. The van der Waals surface area contributed by atoms with Crippen LogP contribution in [-0.2, 0) is 22.6 Å². The highest BCUT2D eigenvalue weighted by molar-refractivity contribution is 5.72. The van der Waals surface area contributed by atoms with E-state index in [0.717, 1.165) is 25.9 Å². The van der Waals surface area contributed by atoms with Crippen molar-refractivity contribution in [2.24, 2.45) is 11.7 Å². The predicted molar refractivity (Wildman–Crippen MR) is 74.3 cm³/mol. The molecule has 0 bridgehead atoms. The van der Waals surface area contributed by atoms with Gasteiger partial charge in [0.05, 0.1) is 13.0 Å². The van der Waals surface area contributed by atoms with Crippen LogP contribution in [0.1, 0.15) is 24.0 Å². The molecule has 1 saturated heterocycles. The highest BCUT2D eigenvalue weighted by Crippen LogP contribution is 2.21. The summed E-state index contributed by atoms with van der Waals surface area (Å²) in [6.45, 7) is 2.34. The van der Waals surface area contributed by atoms with Crippen LogP contribution in [0.3, 0.4) is 0 Å². The minimum atomic E-state index is -0.204. The van der Waals surface area contributed by atoms with Gasteiger partial charge in [0, 0.05) is 24.2 Å². The molecule has 1 fully saturated rings. The average molecular weight is 280 g/mol. The molecule has 0 saturated carbocycles. The van der Waals surface area contributed by atoms with Crippen molar-refractivity contribution in [3.63, 3.8) is 0 Å². The average Bonchev–Trinajstić information content (AvgIpc) is 2.49. The van der Waals surface area contributed by atoms with Gasteiger partial charge in [0.1, 0.15) is 5.82 Å². The quantitative estimate of drug-likeness (QED) is 0.852. The van der Waals surface area contributed by atoms with Crippen LogP contribution in [0.2, 0.25) is 0 Å². The lowest BCUT2D eigenvalue weighted by molar-refractivity contribution is -0.147. The first-order chi connectivity index (χ1) is 9.65. The first-order valence-corrected chi connectivity index (χ1v) is 6.92. The molecule has 110 valence electrons. The van der Waals surface area contributed by atoms with Crippen molar-refractivity contribution < 1.29 is 13.9 Å². The van der Waals surface area contributed by atoms with Crippen LogP contribution in [0.25, 0.3) is 0 Å². The van der Waals surface area contributed by atoms with E-state index in [1.54, 1.807) is 12.1 Å². The van der Waals surface area contributed by atoms with E-state index in [2.05, 4.69) is 4.90 Å². The van der Waals surface area contributed by atoms with Gasteiger partial charge in [0.2, 0.25) is 0 Å². The first-order valence-electron chi connectivity index (χ1n) is 6.92. The molecule has 1 aromatic rings. The Morgan fingerprint density at radius 2 is 2.05 bits per heavy atom. The number of nitrogens with two attached hydrogens (primary N) is 1. The van der Waals surface area contributed by atoms with Gasteiger partial charge in [-0.2, -0.15) is 0 Å². The third kappa shape index (κ3) is 3.35. The second-order valence-electron chi connectivity index (χ2n) is 5.17. The summed E-state index contributed by atoms with van der Waals surface area (Å²) < 4.78 is 18.9. The maximum atomic E-state index is 14.1. The molecule has 1 aromatic carbocycles. The number of carbonyl (C=O) groups is 1. The van der Waals surface area contributed by atoms with Crippen molar-refractivity contribution in [1.82, 2.24) is 4.90 Å². The van der Waals surface area contributed by atoms with Gasteiger partial charge in [0.25, 0.3) is 0 Å². The van der Waals surface area contributed by atoms with E-state index in [-0.39, 0.29) is 24.2 Å². The maximum Gasteiger partial charge on any atom is 0.308 e.